The summed E-state index contributed by atoms with van der Waals surface area (Å²) in [5.41, 5.74) is -1.34. The van der Waals surface area contributed by atoms with Gasteiger partial charge in [-0.05, 0) is 47.7 Å². The average Bonchev–Trinajstić information content (AvgIpc) is 3.29. The monoisotopic (exact) mass is 914 g/mol. The van der Waals surface area contributed by atoms with Crippen LogP contribution in [0.2, 0.25) is 0 Å². The van der Waals surface area contributed by atoms with Gasteiger partial charge in [-0.2, -0.15) is 0 Å². The second kappa shape index (κ2) is 26.3. The van der Waals surface area contributed by atoms with Crippen LogP contribution in [0.25, 0.3) is 0 Å². The van der Waals surface area contributed by atoms with Crippen molar-refractivity contribution < 1.29 is 58.5 Å². The van der Waals surface area contributed by atoms with Crippen LogP contribution >= 0.6 is 15.8 Å². The van der Waals surface area contributed by atoms with Crippen molar-refractivity contribution >= 4 is 71.5 Å². The zero-order valence-corrected chi connectivity index (χ0v) is 36.1. The summed E-state index contributed by atoms with van der Waals surface area (Å²) < 4.78 is 17.3. The van der Waals surface area contributed by atoms with Crippen molar-refractivity contribution in [2.24, 2.45) is 0 Å². The SMILES string of the molecule is COC(=O)[C-]=C(C(=O)OC)C(=[C-]C(=O)OC)C(=O)OC.[Pd+2].c1ccc(P(c2ccccc2)c2ccccc2)cc1.c1ccc(P(c2ccccc2)c2ccccc2)cc1. The van der Waals surface area contributed by atoms with E-state index in [1.165, 1.54) is 31.8 Å². The molecule has 0 radical (unpaired) electrons. The fourth-order valence-corrected chi connectivity index (χ4v) is 9.91. The van der Waals surface area contributed by atoms with Gasteiger partial charge in [0.15, 0.2) is 11.9 Å². The Hall–Kier alpha value is -5.80. The quantitative estimate of drug-likeness (QED) is 0.0296. The zero-order chi connectivity index (χ0) is 41.5. The van der Waals surface area contributed by atoms with Crippen LogP contribution < -0.4 is 31.8 Å². The first-order valence-corrected chi connectivity index (χ1v) is 20.5. The van der Waals surface area contributed by atoms with E-state index in [0.29, 0.717) is 0 Å². The van der Waals surface area contributed by atoms with Crippen molar-refractivity contribution in [1.82, 2.24) is 0 Å². The number of benzene rings is 6. The minimum Gasteiger partial charge on any atom is -0.531 e. The number of hydrogen-bond donors (Lipinski definition) is 0. The number of esters is 4. The molecule has 0 unspecified atom stereocenters. The number of methoxy groups -OCH3 is 4. The first-order valence-electron chi connectivity index (χ1n) is 17.8. The molecule has 11 heteroatoms. The maximum Gasteiger partial charge on any atom is 2.00 e. The molecule has 6 aromatic carbocycles. The van der Waals surface area contributed by atoms with E-state index in [2.05, 4.69) is 201 Å². The zero-order valence-electron chi connectivity index (χ0n) is 32.8. The molecular weight excluding hydrogens is 873 g/mol. The molecule has 0 bridgehead atoms. The molecule has 0 saturated heterocycles. The van der Waals surface area contributed by atoms with Crippen molar-refractivity contribution in [3.63, 3.8) is 0 Å². The van der Waals surface area contributed by atoms with Crippen LogP contribution in [0.15, 0.2) is 193 Å². The summed E-state index contributed by atoms with van der Waals surface area (Å²) in [6.07, 6.45) is 3.87. The van der Waals surface area contributed by atoms with Gasteiger partial charge in [-0.3, -0.25) is 9.59 Å². The maximum atomic E-state index is 11.5. The van der Waals surface area contributed by atoms with Crippen molar-refractivity contribution in [3.8, 4) is 0 Å². The maximum absolute atomic E-state index is 11.5. The normalized spacial score (nSPS) is 10.7. The minimum absolute atomic E-state index is 0. The molecule has 0 aliphatic carbocycles. The second-order valence-corrected chi connectivity index (χ2v) is 16.1. The number of carbonyl (C=O) groups is 4. The Morgan fingerprint density at radius 3 is 0.678 bits per heavy atom. The van der Waals surface area contributed by atoms with Crippen LogP contribution in [0, 0.1) is 12.2 Å². The summed E-state index contributed by atoms with van der Waals surface area (Å²) in [6, 6.07) is 64.7. The summed E-state index contributed by atoms with van der Waals surface area (Å²) in [4.78, 5) is 45.4. The van der Waals surface area contributed by atoms with Gasteiger partial charge in [-0.15, -0.1) is 12.2 Å². The third-order valence-corrected chi connectivity index (χ3v) is 12.8. The number of rotatable bonds is 11. The number of carbonyl (C=O) groups excluding carboxylic acids is 4. The molecule has 0 fully saturated rings. The first-order chi connectivity index (χ1) is 28.3. The third kappa shape index (κ3) is 14.8. The molecule has 0 saturated carbocycles. The predicted octanol–water partition coefficient (Wildman–Crippen LogP) is 6.02. The van der Waals surface area contributed by atoms with Crippen molar-refractivity contribution in [1.29, 1.82) is 0 Å². The van der Waals surface area contributed by atoms with E-state index in [0.717, 1.165) is 28.4 Å². The van der Waals surface area contributed by atoms with Crippen LogP contribution in [-0.2, 0) is 58.5 Å². The number of ether oxygens (including phenoxy) is 4. The first kappa shape index (κ1) is 47.6. The Balaban J connectivity index is 0.000000234. The largest absolute Gasteiger partial charge is 2.00 e. The van der Waals surface area contributed by atoms with E-state index in [1.54, 1.807) is 0 Å². The van der Waals surface area contributed by atoms with Crippen LogP contribution in [0.3, 0.4) is 0 Å². The summed E-state index contributed by atoms with van der Waals surface area (Å²) in [6.45, 7) is 0. The fraction of sp³-hybridized carbons (Fsp3) is 0.0833. The molecular formula is C48H42O8P2Pd. The summed E-state index contributed by atoms with van der Waals surface area (Å²) in [7, 11) is 3.20. The van der Waals surface area contributed by atoms with E-state index in [4.69, 9.17) is 0 Å². The molecule has 0 spiro atoms. The van der Waals surface area contributed by atoms with E-state index < -0.39 is 50.9 Å². The van der Waals surface area contributed by atoms with Gasteiger partial charge in [0.1, 0.15) is 0 Å². The second-order valence-electron chi connectivity index (χ2n) is 11.7. The van der Waals surface area contributed by atoms with Gasteiger partial charge in [-0.25, -0.2) is 11.1 Å². The topological polar surface area (TPSA) is 105 Å². The molecule has 0 atom stereocenters. The smallest absolute Gasteiger partial charge is 0.531 e. The molecule has 302 valence electrons. The molecule has 59 heavy (non-hydrogen) atoms. The standard InChI is InChI=1S/2C18H15P.C12H12O8.Pd/c2*1-4-10-16(11-5-1)19(17-12-6-2-7-13-17)18-14-8-3-9-15-18;1-17-9(13)5-7(11(15)19-3)8(12(16)20-4)6-10(14)18-2;/h2*1-15H;1-4H3;/q;;-2;+2. The van der Waals surface area contributed by atoms with Gasteiger partial charge >= 0.3 is 20.4 Å². The van der Waals surface area contributed by atoms with Gasteiger partial charge in [0.05, 0.1) is 28.4 Å². The molecule has 0 amide bonds. The van der Waals surface area contributed by atoms with Crippen molar-refractivity contribution in [2.45, 2.75) is 0 Å². The van der Waals surface area contributed by atoms with Gasteiger partial charge in [0.25, 0.3) is 11.9 Å². The summed E-state index contributed by atoms with van der Waals surface area (Å²) >= 11 is 0. The van der Waals surface area contributed by atoms with Gasteiger partial charge in [0, 0.05) is 0 Å². The van der Waals surface area contributed by atoms with Crippen LogP contribution in [0.1, 0.15) is 0 Å². The Labute approximate surface area is 362 Å². The fourth-order valence-electron chi connectivity index (χ4n) is 5.30. The van der Waals surface area contributed by atoms with E-state index in [1.807, 2.05) is 12.2 Å². The van der Waals surface area contributed by atoms with Gasteiger partial charge in [0.2, 0.25) is 0 Å². The minimum atomic E-state index is -1.10. The van der Waals surface area contributed by atoms with E-state index in [9.17, 15) is 19.2 Å². The summed E-state index contributed by atoms with van der Waals surface area (Å²) in [5.74, 6) is -4.32. The molecule has 0 aromatic heterocycles. The van der Waals surface area contributed by atoms with Crippen LogP contribution in [-0.4, -0.2) is 52.3 Å². The van der Waals surface area contributed by atoms with E-state index >= 15 is 0 Å². The Morgan fingerprint density at radius 1 is 0.339 bits per heavy atom. The molecule has 0 heterocycles. The third-order valence-electron chi connectivity index (χ3n) is 7.94. The molecule has 0 aliphatic rings. The average molecular weight is 915 g/mol. The molecule has 8 nitrogen and oxygen atoms in total. The molecule has 6 aromatic rings. The van der Waals surface area contributed by atoms with Crippen molar-refractivity contribution in [3.05, 3.63) is 205 Å². The number of hydrogen-bond acceptors (Lipinski definition) is 8. The van der Waals surface area contributed by atoms with Crippen LogP contribution in [0.4, 0.5) is 0 Å². The van der Waals surface area contributed by atoms with Crippen molar-refractivity contribution in [2.75, 3.05) is 28.4 Å². The van der Waals surface area contributed by atoms with Crippen LogP contribution in [0.5, 0.6) is 0 Å². The van der Waals surface area contributed by atoms with Gasteiger partial charge in [-0.1, -0.05) is 182 Å². The predicted molar refractivity (Wildman–Crippen MR) is 232 cm³/mol. The summed E-state index contributed by atoms with van der Waals surface area (Å²) in [5, 5.41) is 8.39. The molecule has 6 rings (SSSR count). The Bertz CT molecular complexity index is 1890. The van der Waals surface area contributed by atoms with Gasteiger partial charge < -0.3 is 28.5 Å². The van der Waals surface area contributed by atoms with E-state index in [-0.39, 0.29) is 20.4 Å². The Kier molecular flexibility index (Phi) is 21.2. The molecule has 0 aliphatic heterocycles. The Morgan fingerprint density at radius 2 is 0.525 bits per heavy atom. The molecule has 0 N–H and O–H groups in total.